The fourth-order valence-electron chi connectivity index (χ4n) is 3.48. The van der Waals surface area contributed by atoms with Crippen LogP contribution in [0, 0.1) is 6.92 Å². The highest BCUT2D eigenvalue weighted by Crippen LogP contribution is 2.26. The van der Waals surface area contributed by atoms with Crippen molar-refractivity contribution in [1.82, 2.24) is 9.78 Å². The van der Waals surface area contributed by atoms with Crippen molar-refractivity contribution < 1.29 is 9.53 Å². The molecule has 3 aromatic rings. The molecule has 1 amide bonds. The number of nitrogens with zero attached hydrogens (tertiary/aromatic N) is 3. The van der Waals surface area contributed by atoms with Gasteiger partial charge in [0.1, 0.15) is 18.4 Å². The molecule has 1 unspecified atom stereocenters. The lowest BCUT2D eigenvalue weighted by Gasteiger charge is -2.18. The molecule has 1 saturated heterocycles. The van der Waals surface area contributed by atoms with Crippen molar-refractivity contribution in [3.63, 3.8) is 0 Å². The molecule has 0 radical (unpaired) electrons. The van der Waals surface area contributed by atoms with Gasteiger partial charge in [-0.3, -0.25) is 9.48 Å². The van der Waals surface area contributed by atoms with E-state index in [0.717, 1.165) is 34.7 Å². The number of carbonyl (C=O) groups is 1. The molecule has 1 aliphatic rings. The summed E-state index contributed by atoms with van der Waals surface area (Å²) in [5.41, 5.74) is 4.02. The first-order chi connectivity index (χ1) is 13.6. The van der Waals surface area contributed by atoms with Crippen LogP contribution in [0.3, 0.4) is 0 Å². The van der Waals surface area contributed by atoms with Crippen LogP contribution < -0.4 is 15.0 Å². The number of nitrogens with one attached hydrogen (secondary N) is 1. The number of hydrogen-bond donors (Lipinski definition) is 1. The first kappa shape index (κ1) is 18.1. The smallest absolute Gasteiger partial charge is 0.249 e. The molecule has 2 heterocycles. The number of anilines is 2. The minimum atomic E-state index is -0.232. The lowest BCUT2D eigenvalue weighted by molar-refractivity contribution is -0.117. The lowest BCUT2D eigenvalue weighted by atomic mass is 10.1. The number of carbonyl (C=O) groups excluding carboxylic acids is 1. The van der Waals surface area contributed by atoms with Crippen LogP contribution in [0.25, 0.3) is 0 Å². The summed E-state index contributed by atoms with van der Waals surface area (Å²) in [6.07, 6.45) is 4.36. The first-order valence-electron chi connectivity index (χ1n) is 9.45. The van der Waals surface area contributed by atoms with Crippen molar-refractivity contribution in [2.75, 3.05) is 16.8 Å². The largest absolute Gasteiger partial charge is 0.489 e. The van der Waals surface area contributed by atoms with E-state index in [1.54, 1.807) is 15.8 Å². The molecule has 0 bridgehead atoms. The van der Waals surface area contributed by atoms with Crippen molar-refractivity contribution in [2.24, 2.45) is 7.05 Å². The Labute approximate surface area is 164 Å². The van der Waals surface area contributed by atoms with Crippen molar-refractivity contribution in [2.45, 2.75) is 26.0 Å². The Morgan fingerprint density at radius 2 is 2.00 bits per heavy atom. The minimum Gasteiger partial charge on any atom is -0.489 e. The van der Waals surface area contributed by atoms with Gasteiger partial charge in [0, 0.05) is 25.5 Å². The van der Waals surface area contributed by atoms with Crippen LogP contribution in [0.5, 0.6) is 5.75 Å². The van der Waals surface area contributed by atoms with Crippen LogP contribution in [0.1, 0.15) is 17.5 Å². The average molecular weight is 376 g/mol. The highest BCUT2D eigenvalue weighted by Gasteiger charge is 2.33. The van der Waals surface area contributed by atoms with E-state index in [0.29, 0.717) is 13.2 Å². The monoisotopic (exact) mass is 376 g/mol. The minimum absolute atomic E-state index is 0.0818. The van der Waals surface area contributed by atoms with Gasteiger partial charge in [-0.1, -0.05) is 30.3 Å². The van der Waals surface area contributed by atoms with Crippen LogP contribution in [0.15, 0.2) is 60.9 Å². The molecule has 0 spiro atoms. The van der Waals surface area contributed by atoms with Gasteiger partial charge in [0.15, 0.2) is 0 Å². The lowest BCUT2D eigenvalue weighted by Crippen LogP contribution is -2.33. The van der Waals surface area contributed by atoms with Gasteiger partial charge >= 0.3 is 0 Å². The molecule has 1 aliphatic heterocycles. The zero-order valence-corrected chi connectivity index (χ0v) is 16.1. The SMILES string of the molecule is Cc1c(COc2ccccc2)cccc1NC1CCN(c2cnn(C)c2)C1=O. The molecule has 2 aromatic carbocycles. The van der Waals surface area contributed by atoms with Gasteiger partial charge < -0.3 is 15.0 Å². The van der Waals surface area contributed by atoms with Crippen molar-refractivity contribution in [1.29, 1.82) is 0 Å². The summed E-state index contributed by atoms with van der Waals surface area (Å²) < 4.78 is 7.60. The third-order valence-corrected chi connectivity index (χ3v) is 5.12. The zero-order valence-electron chi connectivity index (χ0n) is 16.1. The van der Waals surface area contributed by atoms with E-state index >= 15 is 0 Å². The summed E-state index contributed by atoms with van der Waals surface area (Å²) in [6, 6.07) is 15.6. The van der Waals surface area contributed by atoms with E-state index in [4.69, 9.17) is 4.74 Å². The van der Waals surface area contributed by atoms with Gasteiger partial charge in [0.2, 0.25) is 5.91 Å². The molecule has 1 N–H and O–H groups in total. The van der Waals surface area contributed by atoms with Crippen LogP contribution >= 0.6 is 0 Å². The summed E-state index contributed by atoms with van der Waals surface area (Å²) in [7, 11) is 1.85. The molecule has 0 saturated carbocycles. The number of ether oxygens (including phenoxy) is 1. The third kappa shape index (κ3) is 3.71. The normalized spacial score (nSPS) is 16.4. The Morgan fingerprint density at radius 1 is 1.18 bits per heavy atom. The van der Waals surface area contributed by atoms with Crippen LogP contribution in [-0.2, 0) is 18.4 Å². The summed E-state index contributed by atoms with van der Waals surface area (Å²) in [5.74, 6) is 0.927. The molecule has 144 valence electrons. The summed E-state index contributed by atoms with van der Waals surface area (Å²) in [5, 5.41) is 7.59. The third-order valence-electron chi connectivity index (χ3n) is 5.12. The first-order valence-corrected chi connectivity index (χ1v) is 9.45. The highest BCUT2D eigenvalue weighted by molar-refractivity contribution is 6.00. The van der Waals surface area contributed by atoms with Crippen LogP contribution in [0.2, 0.25) is 0 Å². The Kier molecular flexibility index (Phi) is 5.02. The van der Waals surface area contributed by atoms with Gasteiger partial charge in [-0.15, -0.1) is 0 Å². The van der Waals surface area contributed by atoms with E-state index in [1.807, 2.05) is 55.7 Å². The molecule has 6 heteroatoms. The Bertz CT molecular complexity index is 968. The summed E-state index contributed by atoms with van der Waals surface area (Å²) in [6.45, 7) is 3.24. The standard InChI is InChI=1S/C22H24N4O2/c1-16-17(15-28-19-8-4-3-5-9-19)7-6-10-20(16)24-21-11-12-26(22(21)27)18-13-23-25(2)14-18/h3-10,13-14,21,24H,11-12,15H2,1-2H3. The molecular formula is C22H24N4O2. The maximum atomic E-state index is 12.8. The molecule has 4 rings (SSSR count). The quantitative estimate of drug-likeness (QED) is 0.715. The average Bonchev–Trinajstić information content (AvgIpc) is 3.29. The topological polar surface area (TPSA) is 59.4 Å². The van der Waals surface area contributed by atoms with Crippen LogP contribution in [0.4, 0.5) is 11.4 Å². The summed E-state index contributed by atoms with van der Waals surface area (Å²) in [4.78, 5) is 14.6. The molecule has 1 atom stereocenters. The van der Waals surface area contributed by atoms with E-state index in [-0.39, 0.29) is 11.9 Å². The maximum absolute atomic E-state index is 12.8. The fourth-order valence-corrected chi connectivity index (χ4v) is 3.48. The number of hydrogen-bond acceptors (Lipinski definition) is 4. The van der Waals surface area contributed by atoms with E-state index in [2.05, 4.69) is 23.4 Å². The molecule has 1 fully saturated rings. The zero-order chi connectivity index (χ0) is 19.5. The van der Waals surface area contributed by atoms with Gasteiger partial charge in [-0.05, 0) is 42.7 Å². The second-order valence-electron chi connectivity index (χ2n) is 7.04. The highest BCUT2D eigenvalue weighted by atomic mass is 16.5. The molecule has 28 heavy (non-hydrogen) atoms. The number of aromatic nitrogens is 2. The number of benzene rings is 2. The molecule has 0 aliphatic carbocycles. The molecular weight excluding hydrogens is 352 g/mol. The van der Waals surface area contributed by atoms with E-state index < -0.39 is 0 Å². The molecule has 1 aromatic heterocycles. The number of aryl methyl sites for hydroxylation is 1. The molecule has 6 nitrogen and oxygen atoms in total. The second kappa shape index (κ2) is 7.76. The van der Waals surface area contributed by atoms with Crippen LogP contribution in [-0.4, -0.2) is 28.3 Å². The summed E-state index contributed by atoms with van der Waals surface area (Å²) >= 11 is 0. The number of rotatable bonds is 6. The number of para-hydroxylation sites is 1. The van der Waals surface area contributed by atoms with Gasteiger partial charge in [0.05, 0.1) is 11.9 Å². The van der Waals surface area contributed by atoms with Gasteiger partial charge in [-0.2, -0.15) is 5.10 Å². The Hall–Kier alpha value is -3.28. The van der Waals surface area contributed by atoms with E-state index in [9.17, 15) is 4.79 Å². The van der Waals surface area contributed by atoms with Crippen molar-refractivity contribution in [3.8, 4) is 5.75 Å². The second-order valence-corrected chi connectivity index (χ2v) is 7.04. The van der Waals surface area contributed by atoms with Crippen molar-refractivity contribution in [3.05, 3.63) is 72.1 Å². The predicted octanol–water partition coefficient (Wildman–Crippen LogP) is 3.52. The van der Waals surface area contributed by atoms with Gasteiger partial charge in [-0.25, -0.2) is 0 Å². The fraction of sp³-hybridized carbons (Fsp3) is 0.273. The Balaban J connectivity index is 1.44. The Morgan fingerprint density at radius 3 is 2.75 bits per heavy atom. The van der Waals surface area contributed by atoms with E-state index in [1.165, 1.54) is 0 Å². The maximum Gasteiger partial charge on any atom is 0.249 e. The predicted molar refractivity (Wildman–Crippen MR) is 110 cm³/mol. The van der Waals surface area contributed by atoms with Gasteiger partial charge in [0.25, 0.3) is 0 Å². The number of amides is 1. The van der Waals surface area contributed by atoms with Crippen molar-refractivity contribution >= 4 is 17.3 Å².